The maximum absolute atomic E-state index is 5.50. The van der Waals surface area contributed by atoms with Gasteiger partial charge in [0, 0.05) is 10.0 Å². The molecule has 0 amide bonds. The predicted molar refractivity (Wildman–Crippen MR) is 94.6 cm³/mol. The highest BCUT2D eigenvalue weighted by molar-refractivity contribution is 9.10. The maximum Gasteiger partial charge on any atom is 0.204 e. The molecule has 2 aromatic carbocycles. The van der Waals surface area contributed by atoms with Crippen LogP contribution in [-0.4, -0.2) is 36.5 Å². The van der Waals surface area contributed by atoms with Crippen molar-refractivity contribution in [3.8, 4) is 40.0 Å². The number of rotatable bonds is 5. The first-order chi connectivity index (χ1) is 11.7. The first-order valence-corrected chi connectivity index (χ1v) is 7.95. The first-order valence-electron chi connectivity index (χ1n) is 7.15. The van der Waals surface area contributed by atoms with E-state index in [-0.39, 0.29) is 0 Å². The average Bonchev–Trinajstić information content (AvgIpc) is 3.10. The topological polar surface area (TPSA) is 69.3 Å². The average molecular weight is 390 g/mol. The van der Waals surface area contributed by atoms with Crippen LogP contribution in [0.15, 0.2) is 40.9 Å². The predicted octanol–water partition coefficient (Wildman–Crippen LogP) is 3.93. The zero-order chi connectivity index (χ0) is 17.1. The van der Waals surface area contributed by atoms with Crippen molar-refractivity contribution in [3.05, 3.63) is 40.9 Å². The Kier molecular flexibility index (Phi) is 4.71. The van der Waals surface area contributed by atoms with Gasteiger partial charge in [-0.15, -0.1) is 0 Å². The van der Waals surface area contributed by atoms with Gasteiger partial charge in [0.05, 0.1) is 26.9 Å². The van der Waals surface area contributed by atoms with Crippen LogP contribution in [0.2, 0.25) is 0 Å². The molecule has 0 unspecified atom stereocenters. The highest BCUT2D eigenvalue weighted by Gasteiger charge is 2.19. The number of aromatic amines is 1. The van der Waals surface area contributed by atoms with E-state index in [1.54, 1.807) is 27.4 Å². The van der Waals surface area contributed by atoms with Gasteiger partial charge in [0.25, 0.3) is 0 Å². The van der Waals surface area contributed by atoms with Gasteiger partial charge in [-0.25, -0.2) is 4.98 Å². The van der Waals surface area contributed by atoms with Gasteiger partial charge in [-0.1, -0.05) is 28.1 Å². The van der Waals surface area contributed by atoms with Crippen molar-refractivity contribution >= 4 is 15.9 Å². The standard InChI is InChI=1S/C17H16BrN3O3/c1-22-13-9-8-12(14(23-2)15(13)24-3)17-19-16(20-21-17)10-4-6-11(18)7-5-10/h4-9H,1-3H3,(H,19,20,21). The van der Waals surface area contributed by atoms with Gasteiger partial charge in [0.1, 0.15) is 0 Å². The largest absolute Gasteiger partial charge is 0.493 e. The summed E-state index contributed by atoms with van der Waals surface area (Å²) < 4.78 is 17.2. The van der Waals surface area contributed by atoms with Gasteiger partial charge in [0.15, 0.2) is 23.1 Å². The molecule has 0 aliphatic heterocycles. The minimum atomic E-state index is 0.513. The molecule has 0 radical (unpaired) electrons. The van der Waals surface area contributed by atoms with E-state index in [0.717, 1.165) is 15.6 Å². The number of halogens is 1. The number of methoxy groups -OCH3 is 3. The van der Waals surface area contributed by atoms with Crippen LogP contribution in [0.4, 0.5) is 0 Å². The summed E-state index contributed by atoms with van der Waals surface area (Å²) in [5.41, 5.74) is 1.66. The highest BCUT2D eigenvalue weighted by atomic mass is 79.9. The number of nitrogens with one attached hydrogen (secondary N) is 1. The molecule has 7 heteroatoms. The van der Waals surface area contributed by atoms with Crippen LogP contribution in [0, 0.1) is 0 Å². The summed E-state index contributed by atoms with van der Waals surface area (Å²) in [4.78, 5) is 4.56. The molecule has 3 rings (SSSR count). The second-order valence-electron chi connectivity index (χ2n) is 4.90. The van der Waals surface area contributed by atoms with Crippen molar-refractivity contribution in [2.24, 2.45) is 0 Å². The molecule has 1 aromatic heterocycles. The Labute approximate surface area is 147 Å². The monoisotopic (exact) mass is 389 g/mol. The summed E-state index contributed by atoms with van der Waals surface area (Å²) in [7, 11) is 4.72. The number of benzene rings is 2. The molecule has 0 bridgehead atoms. The van der Waals surface area contributed by atoms with Crippen LogP contribution >= 0.6 is 15.9 Å². The third-order valence-corrected chi connectivity index (χ3v) is 4.08. The quantitative estimate of drug-likeness (QED) is 0.715. The van der Waals surface area contributed by atoms with Crippen molar-refractivity contribution in [2.75, 3.05) is 21.3 Å². The summed E-state index contributed by atoms with van der Waals surface area (Å²) in [6.45, 7) is 0. The Bertz CT molecular complexity index is 847. The Morgan fingerprint density at radius 1 is 0.875 bits per heavy atom. The second-order valence-corrected chi connectivity index (χ2v) is 5.81. The molecule has 0 saturated heterocycles. The normalized spacial score (nSPS) is 10.5. The summed E-state index contributed by atoms with van der Waals surface area (Å²) >= 11 is 3.42. The molecule has 6 nitrogen and oxygen atoms in total. The fourth-order valence-corrected chi connectivity index (χ4v) is 2.66. The van der Waals surface area contributed by atoms with E-state index in [2.05, 4.69) is 31.1 Å². The molecule has 0 aliphatic rings. The van der Waals surface area contributed by atoms with E-state index in [1.165, 1.54) is 0 Å². The van der Waals surface area contributed by atoms with Gasteiger partial charge in [-0.2, -0.15) is 5.10 Å². The molecular weight excluding hydrogens is 374 g/mol. The van der Waals surface area contributed by atoms with Crippen LogP contribution in [0.25, 0.3) is 22.8 Å². The lowest BCUT2D eigenvalue weighted by molar-refractivity contribution is 0.325. The molecular formula is C17H16BrN3O3. The van der Waals surface area contributed by atoms with Gasteiger partial charge in [-0.05, 0) is 24.3 Å². The zero-order valence-electron chi connectivity index (χ0n) is 13.5. The van der Waals surface area contributed by atoms with Crippen molar-refractivity contribution in [1.82, 2.24) is 15.2 Å². The fraction of sp³-hybridized carbons (Fsp3) is 0.176. The Balaban J connectivity index is 2.05. The van der Waals surface area contributed by atoms with Crippen LogP contribution in [0.1, 0.15) is 0 Å². The molecule has 0 atom stereocenters. The lowest BCUT2D eigenvalue weighted by Crippen LogP contribution is -1.97. The Hall–Kier alpha value is -2.54. The SMILES string of the molecule is COc1ccc(-c2nc(-c3ccc(Br)cc3)n[nH]2)c(OC)c1OC. The van der Waals surface area contributed by atoms with E-state index < -0.39 is 0 Å². The van der Waals surface area contributed by atoms with Gasteiger partial charge in [-0.3, -0.25) is 5.10 Å². The molecule has 1 heterocycles. The smallest absolute Gasteiger partial charge is 0.204 e. The van der Waals surface area contributed by atoms with Crippen molar-refractivity contribution < 1.29 is 14.2 Å². The molecule has 0 fully saturated rings. The van der Waals surface area contributed by atoms with Crippen molar-refractivity contribution in [3.63, 3.8) is 0 Å². The molecule has 0 spiro atoms. The number of nitrogens with zero attached hydrogens (tertiary/aromatic N) is 2. The van der Waals surface area contributed by atoms with Gasteiger partial charge >= 0.3 is 0 Å². The molecule has 1 N–H and O–H groups in total. The lowest BCUT2D eigenvalue weighted by Gasteiger charge is -2.14. The second kappa shape index (κ2) is 6.92. The zero-order valence-corrected chi connectivity index (χ0v) is 15.0. The van der Waals surface area contributed by atoms with E-state index in [0.29, 0.717) is 28.9 Å². The molecule has 0 saturated carbocycles. The molecule has 24 heavy (non-hydrogen) atoms. The minimum absolute atomic E-state index is 0.513. The van der Waals surface area contributed by atoms with Crippen LogP contribution in [-0.2, 0) is 0 Å². The molecule has 124 valence electrons. The Morgan fingerprint density at radius 3 is 2.21 bits per heavy atom. The van der Waals surface area contributed by atoms with E-state index in [1.807, 2.05) is 30.3 Å². The van der Waals surface area contributed by atoms with Crippen molar-refractivity contribution in [1.29, 1.82) is 0 Å². The van der Waals surface area contributed by atoms with Gasteiger partial charge in [0.2, 0.25) is 5.75 Å². The number of aromatic nitrogens is 3. The third-order valence-electron chi connectivity index (χ3n) is 3.55. The summed E-state index contributed by atoms with van der Waals surface area (Å²) in [6.07, 6.45) is 0. The van der Waals surface area contributed by atoms with E-state index in [4.69, 9.17) is 14.2 Å². The first kappa shape index (κ1) is 16.3. The minimum Gasteiger partial charge on any atom is -0.493 e. The Morgan fingerprint density at radius 2 is 1.58 bits per heavy atom. The highest BCUT2D eigenvalue weighted by Crippen LogP contribution is 2.43. The summed E-state index contributed by atoms with van der Waals surface area (Å²) in [6, 6.07) is 11.4. The summed E-state index contributed by atoms with van der Waals surface area (Å²) in [5, 5.41) is 7.24. The number of H-pyrrole nitrogens is 1. The number of hydrogen-bond donors (Lipinski definition) is 1. The van der Waals surface area contributed by atoms with Crippen LogP contribution in [0.5, 0.6) is 17.2 Å². The maximum atomic E-state index is 5.50. The lowest BCUT2D eigenvalue weighted by atomic mass is 10.1. The summed E-state index contributed by atoms with van der Waals surface area (Å²) in [5.74, 6) is 2.83. The van der Waals surface area contributed by atoms with Gasteiger partial charge < -0.3 is 14.2 Å². The van der Waals surface area contributed by atoms with Crippen molar-refractivity contribution in [2.45, 2.75) is 0 Å². The number of ether oxygens (including phenoxy) is 3. The van der Waals surface area contributed by atoms with E-state index in [9.17, 15) is 0 Å². The van der Waals surface area contributed by atoms with Crippen LogP contribution < -0.4 is 14.2 Å². The molecule has 3 aromatic rings. The van der Waals surface area contributed by atoms with E-state index >= 15 is 0 Å². The number of hydrogen-bond acceptors (Lipinski definition) is 5. The molecule has 0 aliphatic carbocycles. The fourth-order valence-electron chi connectivity index (χ4n) is 2.40. The van der Waals surface area contributed by atoms with Crippen LogP contribution in [0.3, 0.4) is 0 Å². The third kappa shape index (κ3) is 2.94.